The first kappa shape index (κ1) is 17.1. The third-order valence-corrected chi connectivity index (χ3v) is 6.01. The minimum Gasteiger partial charge on any atom is -0.349 e. The van der Waals surface area contributed by atoms with E-state index in [4.69, 9.17) is 0 Å². The summed E-state index contributed by atoms with van der Waals surface area (Å²) in [7, 11) is 1.84. The van der Waals surface area contributed by atoms with Gasteiger partial charge in [-0.1, -0.05) is 12.8 Å². The number of nitrogens with one attached hydrogen (secondary N) is 2. The van der Waals surface area contributed by atoms with Crippen LogP contribution in [0.25, 0.3) is 0 Å². The van der Waals surface area contributed by atoms with E-state index in [9.17, 15) is 9.59 Å². The van der Waals surface area contributed by atoms with E-state index in [0.29, 0.717) is 17.6 Å². The van der Waals surface area contributed by atoms with E-state index < -0.39 is 0 Å². The van der Waals surface area contributed by atoms with Crippen LogP contribution in [-0.4, -0.2) is 47.5 Å². The molecule has 2 aliphatic rings. The highest BCUT2D eigenvalue weighted by atomic mass is 32.2. The van der Waals surface area contributed by atoms with Gasteiger partial charge in [-0.2, -0.15) is 11.8 Å². The molecule has 1 saturated heterocycles. The van der Waals surface area contributed by atoms with Crippen molar-refractivity contribution in [1.82, 2.24) is 10.2 Å². The number of carbonyl (C=O) groups excluding carboxylic acids is 2. The lowest BCUT2D eigenvalue weighted by Gasteiger charge is -2.24. The predicted molar refractivity (Wildman–Crippen MR) is 98.7 cm³/mol. The number of carbonyl (C=O) groups is 2. The first-order chi connectivity index (χ1) is 11.6. The maximum atomic E-state index is 12.3. The Bertz CT molecular complexity index is 578. The van der Waals surface area contributed by atoms with Gasteiger partial charge in [0.25, 0.3) is 5.91 Å². The summed E-state index contributed by atoms with van der Waals surface area (Å²) in [6, 6.07) is 7.65. The molecule has 0 bridgehead atoms. The second-order valence-corrected chi connectivity index (χ2v) is 7.74. The van der Waals surface area contributed by atoms with Crippen LogP contribution in [0.2, 0.25) is 0 Å². The Morgan fingerprint density at radius 2 is 1.83 bits per heavy atom. The van der Waals surface area contributed by atoms with Crippen molar-refractivity contribution in [3.05, 3.63) is 29.8 Å². The van der Waals surface area contributed by atoms with E-state index in [1.807, 2.05) is 18.8 Å². The predicted octanol–water partition coefficient (Wildman–Crippen LogP) is 3.33. The second kappa shape index (κ2) is 7.92. The van der Waals surface area contributed by atoms with E-state index in [2.05, 4.69) is 10.6 Å². The summed E-state index contributed by atoms with van der Waals surface area (Å²) in [5.74, 6) is 2.09. The molecule has 6 heteroatoms. The van der Waals surface area contributed by atoms with E-state index in [0.717, 1.165) is 36.5 Å². The van der Waals surface area contributed by atoms with Gasteiger partial charge in [-0.3, -0.25) is 4.79 Å². The minimum absolute atomic E-state index is 0.0279. The number of rotatable bonds is 4. The summed E-state index contributed by atoms with van der Waals surface area (Å²) in [4.78, 5) is 26.3. The summed E-state index contributed by atoms with van der Waals surface area (Å²) in [6.07, 6.45) is 5.60. The van der Waals surface area contributed by atoms with Crippen molar-refractivity contribution >= 4 is 29.4 Å². The van der Waals surface area contributed by atoms with E-state index in [1.165, 1.54) is 12.8 Å². The number of urea groups is 1. The summed E-state index contributed by atoms with van der Waals surface area (Å²) in [5.41, 5.74) is 1.36. The number of hydrogen-bond donors (Lipinski definition) is 2. The monoisotopic (exact) mass is 347 g/mol. The molecule has 2 N–H and O–H groups in total. The molecule has 3 amide bonds. The van der Waals surface area contributed by atoms with Crippen LogP contribution in [0.4, 0.5) is 10.5 Å². The Labute approximate surface area is 147 Å². The molecule has 1 heterocycles. The summed E-state index contributed by atoms with van der Waals surface area (Å²) >= 11 is 1.89. The molecule has 1 aromatic carbocycles. The van der Waals surface area contributed by atoms with Gasteiger partial charge in [0.05, 0.1) is 0 Å². The summed E-state index contributed by atoms with van der Waals surface area (Å²) in [6.45, 7) is 0. The molecule has 1 atom stereocenters. The SMILES string of the molecule is CN(C(=O)Nc1ccc(C(=O)NC2CCCC2)cc1)C1CCSC1. The lowest BCUT2D eigenvalue weighted by molar-refractivity contribution is 0.0938. The molecule has 3 rings (SSSR count). The standard InChI is InChI=1S/C18H25N3O2S/c1-21(16-10-11-24-12-16)18(23)20-15-8-6-13(7-9-15)17(22)19-14-4-2-3-5-14/h6-9,14,16H,2-5,10-12H2,1H3,(H,19,22)(H,20,23). The van der Waals surface area contributed by atoms with Crippen molar-refractivity contribution in [2.75, 3.05) is 23.9 Å². The van der Waals surface area contributed by atoms with Gasteiger partial charge < -0.3 is 15.5 Å². The van der Waals surface area contributed by atoms with Crippen molar-refractivity contribution in [1.29, 1.82) is 0 Å². The van der Waals surface area contributed by atoms with Crippen LogP contribution in [0.1, 0.15) is 42.5 Å². The van der Waals surface area contributed by atoms with Crippen molar-refractivity contribution < 1.29 is 9.59 Å². The van der Waals surface area contributed by atoms with Crippen LogP contribution in [0.5, 0.6) is 0 Å². The van der Waals surface area contributed by atoms with Gasteiger partial charge in [0.15, 0.2) is 0 Å². The van der Waals surface area contributed by atoms with Gasteiger partial charge in [-0.05, 0) is 49.3 Å². The van der Waals surface area contributed by atoms with Crippen LogP contribution < -0.4 is 10.6 Å². The van der Waals surface area contributed by atoms with E-state index >= 15 is 0 Å². The van der Waals surface area contributed by atoms with Crippen molar-refractivity contribution in [3.8, 4) is 0 Å². The van der Waals surface area contributed by atoms with Gasteiger partial charge >= 0.3 is 6.03 Å². The third-order valence-electron chi connectivity index (χ3n) is 4.86. The van der Waals surface area contributed by atoms with E-state index in [-0.39, 0.29) is 11.9 Å². The van der Waals surface area contributed by atoms with Crippen molar-refractivity contribution in [3.63, 3.8) is 0 Å². The molecule has 1 aliphatic carbocycles. The van der Waals surface area contributed by atoms with Gasteiger partial charge in [0.1, 0.15) is 0 Å². The fraction of sp³-hybridized carbons (Fsp3) is 0.556. The topological polar surface area (TPSA) is 61.4 Å². The molecule has 1 aromatic rings. The highest BCUT2D eigenvalue weighted by Crippen LogP contribution is 2.22. The fourth-order valence-corrected chi connectivity index (χ4v) is 4.52. The van der Waals surface area contributed by atoms with Crippen LogP contribution in [0.15, 0.2) is 24.3 Å². The van der Waals surface area contributed by atoms with Crippen LogP contribution >= 0.6 is 11.8 Å². The quantitative estimate of drug-likeness (QED) is 0.878. The zero-order chi connectivity index (χ0) is 16.9. The molecule has 1 aliphatic heterocycles. The molecule has 2 fully saturated rings. The minimum atomic E-state index is -0.0920. The molecular weight excluding hydrogens is 322 g/mol. The summed E-state index contributed by atoms with van der Waals surface area (Å²) < 4.78 is 0. The first-order valence-electron chi connectivity index (χ1n) is 8.66. The zero-order valence-electron chi connectivity index (χ0n) is 14.1. The first-order valence-corrected chi connectivity index (χ1v) is 9.81. The number of nitrogens with zero attached hydrogens (tertiary/aromatic N) is 1. The molecule has 1 unspecified atom stereocenters. The van der Waals surface area contributed by atoms with Crippen LogP contribution in [-0.2, 0) is 0 Å². The largest absolute Gasteiger partial charge is 0.349 e. The molecule has 130 valence electrons. The van der Waals surface area contributed by atoms with Gasteiger partial charge in [-0.15, -0.1) is 0 Å². The molecular formula is C18H25N3O2S. The lowest BCUT2D eigenvalue weighted by atomic mass is 10.1. The molecule has 0 aromatic heterocycles. The average Bonchev–Trinajstić information content (AvgIpc) is 3.28. The normalized spacial score (nSPS) is 20.8. The maximum Gasteiger partial charge on any atom is 0.321 e. The van der Waals surface area contributed by atoms with Gasteiger partial charge in [-0.25, -0.2) is 4.79 Å². The lowest BCUT2D eigenvalue weighted by Crippen LogP contribution is -2.39. The highest BCUT2D eigenvalue weighted by molar-refractivity contribution is 7.99. The summed E-state index contributed by atoms with van der Waals surface area (Å²) in [5, 5.41) is 5.98. The Balaban J connectivity index is 1.53. The second-order valence-electron chi connectivity index (χ2n) is 6.59. The number of anilines is 1. The molecule has 24 heavy (non-hydrogen) atoms. The molecule has 5 nitrogen and oxygen atoms in total. The van der Waals surface area contributed by atoms with Crippen LogP contribution in [0.3, 0.4) is 0 Å². The maximum absolute atomic E-state index is 12.3. The Morgan fingerprint density at radius 1 is 1.12 bits per heavy atom. The number of hydrogen-bond acceptors (Lipinski definition) is 3. The Hall–Kier alpha value is -1.69. The van der Waals surface area contributed by atoms with Crippen molar-refractivity contribution in [2.24, 2.45) is 0 Å². The number of amides is 3. The fourth-order valence-electron chi connectivity index (χ4n) is 3.25. The highest BCUT2D eigenvalue weighted by Gasteiger charge is 2.24. The Kier molecular flexibility index (Phi) is 5.66. The average molecular weight is 347 g/mol. The number of benzene rings is 1. The smallest absolute Gasteiger partial charge is 0.321 e. The molecule has 1 saturated carbocycles. The third kappa shape index (κ3) is 4.23. The zero-order valence-corrected chi connectivity index (χ0v) is 14.9. The molecule has 0 spiro atoms. The van der Waals surface area contributed by atoms with Gasteiger partial charge in [0, 0.05) is 36.1 Å². The van der Waals surface area contributed by atoms with Crippen LogP contribution in [0, 0.1) is 0 Å². The van der Waals surface area contributed by atoms with Crippen molar-refractivity contribution in [2.45, 2.75) is 44.2 Å². The van der Waals surface area contributed by atoms with Gasteiger partial charge in [0.2, 0.25) is 0 Å². The Morgan fingerprint density at radius 3 is 2.46 bits per heavy atom. The number of thioether (sulfide) groups is 1. The molecule has 0 radical (unpaired) electrons. The van der Waals surface area contributed by atoms with E-state index in [1.54, 1.807) is 29.2 Å².